The first kappa shape index (κ1) is 14.5. The lowest BCUT2D eigenvalue weighted by Crippen LogP contribution is -2.62. The molecule has 4 heteroatoms. The quantitative estimate of drug-likeness (QED) is 0.689. The van der Waals surface area contributed by atoms with Gasteiger partial charge in [0.2, 0.25) is 5.91 Å². The number of nitrogens with one attached hydrogen (secondary N) is 3. The first-order valence-corrected chi connectivity index (χ1v) is 6.47. The predicted molar refractivity (Wildman–Crippen MR) is 71.0 cm³/mol. The Balaban J connectivity index is 2.51. The largest absolute Gasteiger partial charge is 0.353 e. The van der Waals surface area contributed by atoms with Crippen LogP contribution in [0.1, 0.15) is 47.0 Å². The summed E-state index contributed by atoms with van der Waals surface area (Å²) in [6.07, 6.45) is 2.53. The highest BCUT2D eigenvalue weighted by molar-refractivity contribution is 5.76. The maximum atomic E-state index is 11.7. The van der Waals surface area contributed by atoms with Crippen molar-refractivity contribution < 1.29 is 4.79 Å². The van der Waals surface area contributed by atoms with Gasteiger partial charge in [-0.15, -0.1) is 0 Å². The van der Waals surface area contributed by atoms with Gasteiger partial charge in [0, 0.05) is 30.1 Å². The first-order chi connectivity index (χ1) is 7.74. The van der Waals surface area contributed by atoms with Crippen LogP contribution >= 0.6 is 0 Å². The molecule has 100 valence electrons. The molecule has 0 aliphatic carbocycles. The molecule has 0 bridgehead atoms. The van der Waals surface area contributed by atoms with Gasteiger partial charge in [-0.1, -0.05) is 0 Å². The van der Waals surface area contributed by atoms with Crippen molar-refractivity contribution in [2.75, 3.05) is 13.6 Å². The maximum absolute atomic E-state index is 11.7. The third kappa shape index (κ3) is 5.04. The Morgan fingerprint density at radius 1 is 1.24 bits per heavy atom. The molecule has 17 heavy (non-hydrogen) atoms. The molecule has 0 saturated carbocycles. The molecule has 1 fully saturated rings. The number of carbonyl (C=O) groups excluding carboxylic acids is 1. The van der Waals surface area contributed by atoms with Gasteiger partial charge in [-0.2, -0.15) is 0 Å². The third-order valence-electron chi connectivity index (χ3n) is 3.16. The molecule has 0 spiro atoms. The minimum Gasteiger partial charge on any atom is -0.353 e. The highest BCUT2D eigenvalue weighted by Crippen LogP contribution is 2.28. The number of hydrogen-bond acceptors (Lipinski definition) is 3. The SMILES string of the molecule is CNCCC(=O)NC1CC(C)(C)NC(C)(C)C1. The van der Waals surface area contributed by atoms with Crippen LogP contribution in [0.25, 0.3) is 0 Å². The van der Waals surface area contributed by atoms with E-state index in [1.165, 1.54) is 0 Å². The van der Waals surface area contributed by atoms with E-state index in [0.29, 0.717) is 6.42 Å². The molecule has 3 N–H and O–H groups in total. The zero-order valence-electron chi connectivity index (χ0n) is 11.8. The second-order valence-electron chi connectivity index (χ2n) is 6.42. The molecule has 1 aliphatic rings. The van der Waals surface area contributed by atoms with Crippen molar-refractivity contribution in [1.82, 2.24) is 16.0 Å². The van der Waals surface area contributed by atoms with E-state index in [9.17, 15) is 4.79 Å². The van der Waals surface area contributed by atoms with E-state index < -0.39 is 0 Å². The van der Waals surface area contributed by atoms with Gasteiger partial charge < -0.3 is 16.0 Å². The van der Waals surface area contributed by atoms with Gasteiger partial charge in [0.25, 0.3) is 0 Å². The molecule has 0 atom stereocenters. The zero-order chi connectivity index (χ0) is 13.1. The molecule has 0 radical (unpaired) electrons. The summed E-state index contributed by atoms with van der Waals surface area (Å²) in [4.78, 5) is 11.7. The fourth-order valence-electron chi connectivity index (χ4n) is 2.96. The van der Waals surface area contributed by atoms with E-state index in [1.54, 1.807) is 0 Å². The molecule has 1 heterocycles. The van der Waals surface area contributed by atoms with Crippen molar-refractivity contribution in [2.24, 2.45) is 0 Å². The Morgan fingerprint density at radius 2 is 1.76 bits per heavy atom. The molecule has 0 aromatic carbocycles. The van der Waals surface area contributed by atoms with Crippen LogP contribution in [0.3, 0.4) is 0 Å². The van der Waals surface area contributed by atoms with Crippen molar-refractivity contribution in [2.45, 2.75) is 64.1 Å². The molecule has 4 nitrogen and oxygen atoms in total. The molecular weight excluding hydrogens is 214 g/mol. The summed E-state index contributed by atoms with van der Waals surface area (Å²) in [7, 11) is 1.87. The summed E-state index contributed by atoms with van der Waals surface area (Å²) in [5, 5.41) is 9.76. The normalized spacial score (nSPS) is 23.4. The van der Waals surface area contributed by atoms with Gasteiger partial charge in [-0.3, -0.25) is 4.79 Å². The second-order valence-corrected chi connectivity index (χ2v) is 6.42. The molecular formula is C13H27N3O. The third-order valence-corrected chi connectivity index (χ3v) is 3.16. The van der Waals surface area contributed by atoms with Crippen LogP contribution in [0.4, 0.5) is 0 Å². The lowest BCUT2D eigenvalue weighted by Gasteiger charge is -2.46. The van der Waals surface area contributed by atoms with E-state index >= 15 is 0 Å². The fraction of sp³-hybridized carbons (Fsp3) is 0.923. The van der Waals surface area contributed by atoms with Gasteiger partial charge in [-0.25, -0.2) is 0 Å². The van der Waals surface area contributed by atoms with Gasteiger partial charge >= 0.3 is 0 Å². The predicted octanol–water partition coefficient (Wildman–Crippen LogP) is 1.02. The van der Waals surface area contributed by atoms with E-state index in [-0.39, 0.29) is 23.0 Å². The average molecular weight is 241 g/mol. The molecule has 1 aliphatic heterocycles. The summed E-state index contributed by atoms with van der Waals surface area (Å²) in [5.74, 6) is 0.151. The molecule has 1 rings (SSSR count). The molecule has 1 amide bonds. The number of amides is 1. The van der Waals surface area contributed by atoms with Crippen LogP contribution in [0.5, 0.6) is 0 Å². The lowest BCUT2D eigenvalue weighted by molar-refractivity contribution is -0.122. The van der Waals surface area contributed by atoms with Crippen LogP contribution in [0.15, 0.2) is 0 Å². The van der Waals surface area contributed by atoms with E-state index in [2.05, 4.69) is 43.6 Å². The topological polar surface area (TPSA) is 53.2 Å². The summed E-state index contributed by atoms with van der Waals surface area (Å²) in [6, 6.07) is 0.283. The van der Waals surface area contributed by atoms with Crippen molar-refractivity contribution >= 4 is 5.91 Å². The standard InChI is InChI=1S/C13H27N3O/c1-12(2)8-10(9-13(3,4)16-12)15-11(17)6-7-14-5/h10,14,16H,6-9H2,1-5H3,(H,15,17). The Morgan fingerprint density at radius 3 is 2.24 bits per heavy atom. The summed E-state index contributed by atoms with van der Waals surface area (Å²) >= 11 is 0. The lowest BCUT2D eigenvalue weighted by atomic mass is 9.79. The van der Waals surface area contributed by atoms with E-state index in [4.69, 9.17) is 0 Å². The molecule has 1 saturated heterocycles. The van der Waals surface area contributed by atoms with Crippen LogP contribution < -0.4 is 16.0 Å². The van der Waals surface area contributed by atoms with Crippen molar-refractivity contribution in [3.8, 4) is 0 Å². The number of hydrogen-bond donors (Lipinski definition) is 3. The van der Waals surface area contributed by atoms with E-state index in [1.807, 2.05) is 7.05 Å². The molecule has 0 aromatic heterocycles. The highest BCUT2D eigenvalue weighted by Gasteiger charge is 2.37. The molecule has 0 unspecified atom stereocenters. The van der Waals surface area contributed by atoms with Gasteiger partial charge in [0.15, 0.2) is 0 Å². The van der Waals surface area contributed by atoms with Crippen molar-refractivity contribution in [3.63, 3.8) is 0 Å². The minimum absolute atomic E-state index is 0.0860. The Bertz CT molecular complexity index is 258. The summed E-state index contributed by atoms with van der Waals surface area (Å²) in [5.41, 5.74) is 0.172. The minimum atomic E-state index is 0.0860. The first-order valence-electron chi connectivity index (χ1n) is 6.47. The van der Waals surface area contributed by atoms with Crippen molar-refractivity contribution in [1.29, 1.82) is 0 Å². The Labute approximate surface area is 105 Å². The van der Waals surface area contributed by atoms with Gasteiger partial charge in [-0.05, 0) is 47.6 Å². The molecule has 0 aromatic rings. The van der Waals surface area contributed by atoms with Crippen LogP contribution in [-0.4, -0.2) is 36.6 Å². The zero-order valence-corrected chi connectivity index (χ0v) is 11.8. The second kappa shape index (κ2) is 5.36. The van der Waals surface area contributed by atoms with Gasteiger partial charge in [0.05, 0.1) is 0 Å². The summed E-state index contributed by atoms with van der Waals surface area (Å²) in [6.45, 7) is 9.52. The average Bonchev–Trinajstić information content (AvgIpc) is 2.09. The van der Waals surface area contributed by atoms with Gasteiger partial charge in [0.1, 0.15) is 0 Å². The number of carbonyl (C=O) groups is 1. The van der Waals surface area contributed by atoms with Crippen molar-refractivity contribution in [3.05, 3.63) is 0 Å². The fourth-order valence-corrected chi connectivity index (χ4v) is 2.96. The maximum Gasteiger partial charge on any atom is 0.221 e. The van der Waals surface area contributed by atoms with Crippen LogP contribution in [-0.2, 0) is 4.79 Å². The van der Waals surface area contributed by atoms with Crippen LogP contribution in [0.2, 0.25) is 0 Å². The highest BCUT2D eigenvalue weighted by atomic mass is 16.1. The van der Waals surface area contributed by atoms with E-state index in [0.717, 1.165) is 19.4 Å². The monoisotopic (exact) mass is 241 g/mol. The Kier molecular flexibility index (Phi) is 4.55. The number of piperidine rings is 1. The smallest absolute Gasteiger partial charge is 0.221 e. The van der Waals surface area contributed by atoms with Crippen LogP contribution in [0, 0.1) is 0 Å². The Hall–Kier alpha value is -0.610. The number of rotatable bonds is 4. The summed E-state index contributed by atoms with van der Waals surface area (Å²) < 4.78 is 0.